The molecule has 0 aliphatic heterocycles. The molecule has 1 aromatic carbocycles. The molecule has 18 heavy (non-hydrogen) atoms. The lowest BCUT2D eigenvalue weighted by atomic mass is 9.97. The van der Waals surface area contributed by atoms with Crippen LogP contribution in [0, 0.1) is 6.92 Å². The quantitative estimate of drug-likeness (QED) is 0.675. The largest absolute Gasteiger partial charge is 0.314 e. The molecule has 0 spiro atoms. The minimum absolute atomic E-state index is 0.571. The van der Waals surface area contributed by atoms with Gasteiger partial charge in [0.05, 0.1) is 0 Å². The van der Waals surface area contributed by atoms with Gasteiger partial charge in [-0.15, -0.1) is 0 Å². The van der Waals surface area contributed by atoms with Crippen LogP contribution in [0.5, 0.6) is 0 Å². The van der Waals surface area contributed by atoms with Crippen molar-refractivity contribution in [3.63, 3.8) is 0 Å². The van der Waals surface area contributed by atoms with E-state index >= 15 is 0 Å². The number of hydrogen-bond donors (Lipinski definition) is 1. The van der Waals surface area contributed by atoms with Gasteiger partial charge in [-0.2, -0.15) is 0 Å². The fourth-order valence-electron chi connectivity index (χ4n) is 2.28. The first-order chi connectivity index (χ1) is 8.67. The van der Waals surface area contributed by atoms with Gasteiger partial charge < -0.3 is 5.32 Å². The van der Waals surface area contributed by atoms with Gasteiger partial charge in [0.1, 0.15) is 0 Å². The third kappa shape index (κ3) is 5.05. The molecule has 1 heteroatoms. The maximum Gasteiger partial charge on any atom is 0.0107 e. The first-order valence-corrected chi connectivity index (χ1v) is 7.11. The summed E-state index contributed by atoms with van der Waals surface area (Å²) < 4.78 is 0. The number of aryl methyl sites for hydroxylation is 2. The van der Waals surface area contributed by atoms with E-state index in [-0.39, 0.29) is 0 Å². The molecule has 1 rings (SSSR count). The molecule has 100 valence electrons. The Morgan fingerprint density at radius 3 is 2.61 bits per heavy atom. The van der Waals surface area contributed by atoms with E-state index in [1.54, 1.807) is 0 Å². The molecule has 1 N–H and O–H groups in total. The summed E-state index contributed by atoms with van der Waals surface area (Å²) in [6.07, 6.45) is 4.54. The Morgan fingerprint density at radius 1 is 1.28 bits per heavy atom. The molecule has 0 aliphatic carbocycles. The van der Waals surface area contributed by atoms with Gasteiger partial charge in [-0.25, -0.2) is 0 Å². The van der Waals surface area contributed by atoms with Crippen LogP contribution < -0.4 is 5.32 Å². The highest BCUT2D eigenvalue weighted by Gasteiger charge is 2.09. The zero-order chi connectivity index (χ0) is 13.4. The Morgan fingerprint density at radius 2 is 2.00 bits per heavy atom. The van der Waals surface area contributed by atoms with Crippen molar-refractivity contribution in [2.24, 2.45) is 0 Å². The molecule has 0 fully saturated rings. The Hall–Kier alpha value is -1.08. The highest BCUT2D eigenvalue weighted by atomic mass is 14.9. The molecule has 0 saturated heterocycles. The molecule has 1 unspecified atom stereocenters. The Labute approximate surface area is 112 Å². The van der Waals surface area contributed by atoms with Crippen molar-refractivity contribution in [3.8, 4) is 0 Å². The normalized spacial score (nSPS) is 12.4. The first kappa shape index (κ1) is 15.0. The topological polar surface area (TPSA) is 12.0 Å². The van der Waals surface area contributed by atoms with Crippen LogP contribution in [0.1, 0.15) is 44.2 Å². The second kappa shape index (κ2) is 8.10. The Balaban J connectivity index is 2.51. The minimum Gasteiger partial charge on any atom is -0.314 e. The highest BCUT2D eigenvalue weighted by Crippen LogP contribution is 2.15. The van der Waals surface area contributed by atoms with E-state index < -0.39 is 0 Å². The third-order valence-electron chi connectivity index (χ3n) is 3.55. The van der Waals surface area contributed by atoms with E-state index in [4.69, 9.17) is 0 Å². The molecule has 0 bridgehead atoms. The van der Waals surface area contributed by atoms with Crippen LogP contribution in [-0.2, 0) is 6.42 Å². The van der Waals surface area contributed by atoms with Crippen LogP contribution in [0.2, 0.25) is 0 Å². The average molecular weight is 245 g/mol. The van der Waals surface area contributed by atoms with E-state index in [0.717, 1.165) is 25.8 Å². The van der Waals surface area contributed by atoms with Gasteiger partial charge in [0.15, 0.2) is 0 Å². The monoisotopic (exact) mass is 245 g/mol. The van der Waals surface area contributed by atoms with Crippen LogP contribution in [0.15, 0.2) is 36.4 Å². The summed E-state index contributed by atoms with van der Waals surface area (Å²) in [5, 5.41) is 3.58. The average Bonchev–Trinajstić information content (AvgIpc) is 2.37. The lowest BCUT2D eigenvalue weighted by Crippen LogP contribution is -2.29. The highest BCUT2D eigenvalue weighted by molar-refractivity contribution is 5.25. The van der Waals surface area contributed by atoms with Crippen molar-refractivity contribution in [1.82, 2.24) is 5.32 Å². The lowest BCUT2D eigenvalue weighted by Gasteiger charge is -2.19. The second-order valence-corrected chi connectivity index (χ2v) is 5.03. The molecule has 0 amide bonds. The molecule has 0 heterocycles. The fraction of sp³-hybridized carbons (Fsp3) is 0.529. The summed E-state index contributed by atoms with van der Waals surface area (Å²) in [4.78, 5) is 0. The molecular weight excluding hydrogens is 218 g/mol. The molecule has 1 nitrogen and oxygen atoms in total. The summed E-state index contributed by atoms with van der Waals surface area (Å²) in [5.74, 6) is 0. The van der Waals surface area contributed by atoms with Crippen molar-refractivity contribution in [2.75, 3.05) is 6.54 Å². The van der Waals surface area contributed by atoms with E-state index in [1.807, 2.05) is 0 Å². The van der Waals surface area contributed by atoms with E-state index in [1.165, 1.54) is 23.1 Å². The van der Waals surface area contributed by atoms with E-state index in [0.29, 0.717) is 6.04 Å². The third-order valence-corrected chi connectivity index (χ3v) is 3.55. The fourth-order valence-corrected chi connectivity index (χ4v) is 2.28. The van der Waals surface area contributed by atoms with Crippen LogP contribution in [-0.4, -0.2) is 12.6 Å². The number of nitrogens with one attached hydrogen (secondary N) is 1. The van der Waals surface area contributed by atoms with Crippen LogP contribution in [0.25, 0.3) is 0 Å². The molecular formula is C17H27N. The van der Waals surface area contributed by atoms with Crippen molar-refractivity contribution >= 4 is 0 Å². The molecule has 0 aliphatic rings. The van der Waals surface area contributed by atoms with Crippen LogP contribution in [0.3, 0.4) is 0 Å². The summed E-state index contributed by atoms with van der Waals surface area (Å²) in [6.45, 7) is 11.7. The molecule has 1 atom stereocenters. The van der Waals surface area contributed by atoms with Crippen molar-refractivity contribution in [1.29, 1.82) is 0 Å². The summed E-state index contributed by atoms with van der Waals surface area (Å²) in [7, 11) is 0. The van der Waals surface area contributed by atoms with Gasteiger partial charge in [0, 0.05) is 6.04 Å². The number of rotatable bonds is 8. The molecule has 0 radical (unpaired) electrons. The van der Waals surface area contributed by atoms with Crippen molar-refractivity contribution in [3.05, 3.63) is 47.5 Å². The molecule has 0 saturated carbocycles. The first-order valence-electron chi connectivity index (χ1n) is 7.11. The predicted octanol–water partition coefficient (Wildman–Crippen LogP) is 4.26. The Bertz CT molecular complexity index is 368. The minimum atomic E-state index is 0.571. The zero-order valence-corrected chi connectivity index (χ0v) is 12.1. The lowest BCUT2D eigenvalue weighted by molar-refractivity contribution is 0.486. The Kier molecular flexibility index (Phi) is 6.74. The number of hydrogen-bond acceptors (Lipinski definition) is 1. The van der Waals surface area contributed by atoms with Gasteiger partial charge in [0.2, 0.25) is 0 Å². The van der Waals surface area contributed by atoms with Gasteiger partial charge >= 0.3 is 0 Å². The smallest absolute Gasteiger partial charge is 0.0107 e. The van der Waals surface area contributed by atoms with Crippen molar-refractivity contribution in [2.45, 2.75) is 52.5 Å². The predicted molar refractivity (Wildman–Crippen MR) is 81.0 cm³/mol. The maximum atomic E-state index is 4.13. The van der Waals surface area contributed by atoms with Crippen LogP contribution in [0.4, 0.5) is 0 Å². The van der Waals surface area contributed by atoms with Gasteiger partial charge in [-0.1, -0.05) is 50.3 Å². The molecule has 1 aromatic rings. The number of benzene rings is 1. The zero-order valence-electron chi connectivity index (χ0n) is 12.1. The summed E-state index contributed by atoms with van der Waals surface area (Å²) in [6, 6.07) is 9.26. The van der Waals surface area contributed by atoms with Gasteiger partial charge in [-0.3, -0.25) is 0 Å². The van der Waals surface area contributed by atoms with E-state index in [9.17, 15) is 0 Å². The van der Waals surface area contributed by atoms with Crippen molar-refractivity contribution < 1.29 is 0 Å². The molecule has 0 aromatic heterocycles. The van der Waals surface area contributed by atoms with Gasteiger partial charge in [-0.05, 0) is 50.3 Å². The van der Waals surface area contributed by atoms with Gasteiger partial charge in [0.25, 0.3) is 0 Å². The summed E-state index contributed by atoms with van der Waals surface area (Å²) in [5.41, 5.74) is 4.23. The maximum absolute atomic E-state index is 4.13. The SMILES string of the molecule is C=C(CC)CC(CCc1ccccc1C)NCC. The van der Waals surface area contributed by atoms with Crippen LogP contribution >= 0.6 is 0 Å². The standard InChI is InChI=1S/C17H27N/c1-5-14(3)13-17(18-6-2)12-11-16-10-8-7-9-15(16)4/h7-10,17-18H,3,5-6,11-13H2,1-2,4H3. The summed E-state index contributed by atoms with van der Waals surface area (Å²) >= 11 is 0. The van der Waals surface area contributed by atoms with E-state index in [2.05, 4.69) is 56.9 Å². The second-order valence-electron chi connectivity index (χ2n) is 5.03.